The summed E-state index contributed by atoms with van der Waals surface area (Å²) < 4.78 is 68.2. The SMILES string of the molecule is O=C(Cn1ccc(C(F)(F)F)n1)NCC1CS(=O)(=O)c2ccccc2O1. The first-order valence-electron chi connectivity index (χ1n) is 7.51. The van der Waals surface area contributed by atoms with Crippen LogP contribution in [0.5, 0.6) is 5.75 Å². The Morgan fingerprint density at radius 1 is 1.31 bits per heavy atom. The molecule has 26 heavy (non-hydrogen) atoms. The standard InChI is InChI=1S/C15H14F3N3O4S/c16-15(17,18)13-5-6-21(20-13)8-14(22)19-7-10-9-26(23,24)12-4-2-1-3-11(12)25-10/h1-6,10H,7-9H2,(H,19,22). The van der Waals surface area contributed by atoms with Crippen molar-refractivity contribution in [3.63, 3.8) is 0 Å². The number of nitrogens with one attached hydrogen (secondary N) is 1. The van der Waals surface area contributed by atoms with Gasteiger partial charge in [0.2, 0.25) is 5.91 Å². The second kappa shape index (κ2) is 6.63. The monoisotopic (exact) mass is 389 g/mol. The van der Waals surface area contributed by atoms with Gasteiger partial charge in [0.1, 0.15) is 23.3 Å². The number of carbonyl (C=O) groups excluding carboxylic acids is 1. The van der Waals surface area contributed by atoms with Crippen molar-refractivity contribution >= 4 is 15.7 Å². The number of amides is 1. The van der Waals surface area contributed by atoms with Crippen LogP contribution in [0, 0.1) is 0 Å². The molecule has 1 aliphatic rings. The van der Waals surface area contributed by atoms with Gasteiger partial charge >= 0.3 is 6.18 Å². The Balaban J connectivity index is 1.58. The lowest BCUT2D eigenvalue weighted by molar-refractivity contribution is -0.141. The minimum atomic E-state index is -4.58. The zero-order valence-corrected chi connectivity index (χ0v) is 14.0. The van der Waals surface area contributed by atoms with Gasteiger partial charge in [-0.15, -0.1) is 0 Å². The number of carbonyl (C=O) groups is 1. The second-order valence-corrected chi connectivity index (χ2v) is 7.67. The number of para-hydroxylation sites is 1. The van der Waals surface area contributed by atoms with Crippen LogP contribution in [0.1, 0.15) is 5.69 Å². The largest absolute Gasteiger partial charge is 0.486 e. The quantitative estimate of drug-likeness (QED) is 0.850. The second-order valence-electron chi connectivity index (χ2n) is 5.67. The van der Waals surface area contributed by atoms with Gasteiger partial charge < -0.3 is 10.1 Å². The molecule has 1 aromatic carbocycles. The van der Waals surface area contributed by atoms with E-state index < -0.39 is 40.3 Å². The van der Waals surface area contributed by atoms with E-state index in [1.165, 1.54) is 12.1 Å². The van der Waals surface area contributed by atoms with Crippen molar-refractivity contribution in [2.75, 3.05) is 12.3 Å². The minimum absolute atomic E-state index is 0.0961. The van der Waals surface area contributed by atoms with Crippen LogP contribution in [0.3, 0.4) is 0 Å². The molecular formula is C15H14F3N3O4S. The smallest absolute Gasteiger partial charge is 0.435 e. The number of alkyl halides is 3. The maximum absolute atomic E-state index is 12.5. The van der Waals surface area contributed by atoms with Gasteiger partial charge in [0, 0.05) is 6.20 Å². The Kier molecular flexibility index (Phi) is 4.65. The van der Waals surface area contributed by atoms with Crippen molar-refractivity contribution < 1.29 is 31.1 Å². The van der Waals surface area contributed by atoms with Gasteiger partial charge in [0.05, 0.1) is 12.3 Å². The fourth-order valence-corrected chi connectivity index (χ4v) is 4.05. The van der Waals surface area contributed by atoms with Crippen LogP contribution >= 0.6 is 0 Å². The molecule has 2 aromatic rings. The van der Waals surface area contributed by atoms with Crippen molar-refractivity contribution in [3.05, 3.63) is 42.2 Å². The lowest BCUT2D eigenvalue weighted by atomic mass is 10.3. The Labute approximate surface area is 146 Å². The highest BCUT2D eigenvalue weighted by atomic mass is 32.2. The van der Waals surface area contributed by atoms with Crippen molar-refractivity contribution in [1.29, 1.82) is 0 Å². The molecule has 11 heteroatoms. The normalized spacial score (nSPS) is 18.7. The Morgan fingerprint density at radius 2 is 2.04 bits per heavy atom. The topological polar surface area (TPSA) is 90.3 Å². The molecule has 0 radical (unpaired) electrons. The third-order valence-corrected chi connectivity index (χ3v) is 5.46. The van der Waals surface area contributed by atoms with Crippen LogP contribution in [-0.2, 0) is 27.4 Å². The number of sulfone groups is 1. The van der Waals surface area contributed by atoms with Crippen LogP contribution in [0.4, 0.5) is 13.2 Å². The first-order chi connectivity index (χ1) is 12.1. The van der Waals surface area contributed by atoms with Gasteiger partial charge in [0.15, 0.2) is 15.5 Å². The molecule has 0 bridgehead atoms. The summed E-state index contributed by atoms with van der Waals surface area (Å²) in [6, 6.07) is 6.94. The van der Waals surface area contributed by atoms with Crippen molar-refractivity contribution in [2.45, 2.75) is 23.7 Å². The van der Waals surface area contributed by atoms with Gasteiger partial charge in [-0.1, -0.05) is 12.1 Å². The number of hydrogen-bond donors (Lipinski definition) is 1. The van der Waals surface area contributed by atoms with E-state index in [2.05, 4.69) is 10.4 Å². The van der Waals surface area contributed by atoms with E-state index in [0.717, 1.165) is 16.9 Å². The first kappa shape index (κ1) is 18.2. The molecule has 0 saturated heterocycles. The van der Waals surface area contributed by atoms with Gasteiger partial charge in [-0.05, 0) is 18.2 Å². The van der Waals surface area contributed by atoms with E-state index in [-0.39, 0.29) is 22.9 Å². The van der Waals surface area contributed by atoms with Crippen molar-refractivity contribution in [3.8, 4) is 5.75 Å². The Morgan fingerprint density at radius 3 is 2.73 bits per heavy atom. The summed E-state index contributed by atoms with van der Waals surface area (Å²) in [5, 5.41) is 5.72. The molecule has 2 heterocycles. The zero-order chi connectivity index (χ0) is 18.9. The maximum atomic E-state index is 12.5. The minimum Gasteiger partial charge on any atom is -0.486 e. The molecule has 7 nitrogen and oxygen atoms in total. The number of rotatable bonds is 4. The zero-order valence-electron chi connectivity index (χ0n) is 13.2. The first-order valence-corrected chi connectivity index (χ1v) is 9.16. The molecule has 1 unspecified atom stereocenters. The number of hydrogen-bond acceptors (Lipinski definition) is 5. The van der Waals surface area contributed by atoms with E-state index in [9.17, 15) is 26.4 Å². The molecule has 1 aliphatic heterocycles. The lowest BCUT2D eigenvalue weighted by Crippen LogP contribution is -2.42. The number of halogens is 3. The summed E-state index contributed by atoms with van der Waals surface area (Å²) in [5.41, 5.74) is -1.09. The molecular weight excluding hydrogens is 375 g/mol. The molecule has 0 saturated carbocycles. The summed E-state index contributed by atoms with van der Waals surface area (Å²) >= 11 is 0. The molecule has 1 amide bonds. The third-order valence-electron chi connectivity index (χ3n) is 3.65. The van der Waals surface area contributed by atoms with Gasteiger partial charge in [-0.3, -0.25) is 9.48 Å². The highest BCUT2D eigenvalue weighted by Gasteiger charge is 2.34. The summed E-state index contributed by atoms with van der Waals surface area (Å²) in [6.45, 7) is -0.522. The van der Waals surface area contributed by atoms with Crippen molar-refractivity contribution in [1.82, 2.24) is 15.1 Å². The number of ether oxygens (including phenoxy) is 1. The van der Waals surface area contributed by atoms with Gasteiger partial charge in [-0.2, -0.15) is 18.3 Å². The van der Waals surface area contributed by atoms with E-state index in [0.29, 0.717) is 0 Å². The highest BCUT2D eigenvalue weighted by Crippen LogP contribution is 2.30. The molecule has 0 fully saturated rings. The summed E-state index contributed by atoms with van der Waals surface area (Å²) in [4.78, 5) is 12.0. The van der Waals surface area contributed by atoms with Crippen LogP contribution in [0.15, 0.2) is 41.4 Å². The molecule has 0 aliphatic carbocycles. The average Bonchev–Trinajstić information content (AvgIpc) is 3.01. The molecule has 0 spiro atoms. The highest BCUT2D eigenvalue weighted by molar-refractivity contribution is 7.91. The molecule has 3 rings (SSSR count). The number of benzene rings is 1. The molecule has 1 atom stereocenters. The molecule has 1 N–H and O–H groups in total. The number of fused-ring (bicyclic) bond motifs is 1. The fraction of sp³-hybridized carbons (Fsp3) is 0.333. The van der Waals surface area contributed by atoms with Crippen LogP contribution in [0.25, 0.3) is 0 Å². The summed E-state index contributed by atoms with van der Waals surface area (Å²) in [7, 11) is -3.53. The van der Waals surface area contributed by atoms with E-state index >= 15 is 0 Å². The lowest BCUT2D eigenvalue weighted by Gasteiger charge is -2.26. The predicted molar refractivity (Wildman–Crippen MR) is 83.1 cm³/mol. The van der Waals surface area contributed by atoms with Crippen molar-refractivity contribution in [2.24, 2.45) is 0 Å². The molecule has 140 valence electrons. The van der Waals surface area contributed by atoms with Gasteiger partial charge in [-0.25, -0.2) is 8.42 Å². The molecule has 1 aromatic heterocycles. The van der Waals surface area contributed by atoms with Gasteiger partial charge in [0.25, 0.3) is 0 Å². The fourth-order valence-electron chi connectivity index (χ4n) is 2.48. The Hall–Kier alpha value is -2.56. The third kappa shape index (κ3) is 3.98. The average molecular weight is 389 g/mol. The van der Waals surface area contributed by atoms with Crippen LogP contribution in [-0.4, -0.2) is 42.5 Å². The predicted octanol–water partition coefficient (Wildman–Crippen LogP) is 1.25. The van der Waals surface area contributed by atoms with Crippen LogP contribution in [0.2, 0.25) is 0 Å². The Bertz CT molecular complexity index is 924. The van der Waals surface area contributed by atoms with E-state index in [4.69, 9.17) is 4.74 Å². The van der Waals surface area contributed by atoms with E-state index in [1.54, 1.807) is 12.1 Å². The maximum Gasteiger partial charge on any atom is 0.435 e. The van der Waals surface area contributed by atoms with E-state index in [1.807, 2.05) is 0 Å². The summed E-state index contributed by atoms with van der Waals surface area (Å²) in [5.74, 6) is -0.703. The van der Waals surface area contributed by atoms with Crippen LogP contribution < -0.4 is 10.1 Å². The number of nitrogens with zero attached hydrogens (tertiary/aromatic N) is 2. The summed E-state index contributed by atoms with van der Waals surface area (Å²) in [6.07, 6.45) is -4.33. The number of aromatic nitrogens is 2.